The van der Waals surface area contributed by atoms with Crippen LogP contribution in [-0.4, -0.2) is 43.7 Å². The van der Waals surface area contributed by atoms with Crippen molar-refractivity contribution in [2.24, 2.45) is 0 Å². The maximum absolute atomic E-state index is 11.5. The molecule has 0 saturated carbocycles. The lowest BCUT2D eigenvalue weighted by molar-refractivity contribution is -0.135. The highest BCUT2D eigenvalue weighted by Crippen LogP contribution is 2.29. The van der Waals surface area contributed by atoms with Crippen molar-refractivity contribution in [3.63, 3.8) is 0 Å². The van der Waals surface area contributed by atoms with Crippen LogP contribution < -0.4 is 10.2 Å². The van der Waals surface area contributed by atoms with Crippen LogP contribution in [0.2, 0.25) is 0 Å². The van der Waals surface area contributed by atoms with E-state index in [1.807, 2.05) is 13.1 Å². The van der Waals surface area contributed by atoms with Gasteiger partial charge in [0.1, 0.15) is 12.4 Å². The second kappa shape index (κ2) is 5.25. The van der Waals surface area contributed by atoms with E-state index in [9.17, 15) is 4.79 Å². The second-order valence-electron chi connectivity index (χ2n) is 5.27. The molecule has 2 aliphatic heterocycles. The molecule has 1 aromatic heterocycles. The van der Waals surface area contributed by atoms with Crippen molar-refractivity contribution in [3.05, 3.63) is 29.0 Å². The molecule has 3 rings (SSSR count). The van der Waals surface area contributed by atoms with Gasteiger partial charge in [-0.15, -0.1) is 0 Å². The summed E-state index contributed by atoms with van der Waals surface area (Å²) in [5.41, 5.74) is 3.82. The van der Waals surface area contributed by atoms with Crippen LogP contribution in [0, 0.1) is 6.92 Å². The molecule has 3 heterocycles. The molecule has 106 valence electrons. The molecule has 5 heteroatoms. The molecule has 0 radical (unpaired) electrons. The smallest absolute Gasteiger partial charge is 0.334 e. The van der Waals surface area contributed by atoms with Gasteiger partial charge >= 0.3 is 5.97 Å². The van der Waals surface area contributed by atoms with Crippen LogP contribution >= 0.6 is 0 Å². The van der Waals surface area contributed by atoms with E-state index in [2.05, 4.69) is 28.2 Å². The van der Waals surface area contributed by atoms with E-state index in [-0.39, 0.29) is 5.97 Å². The van der Waals surface area contributed by atoms with Crippen LogP contribution in [-0.2, 0) is 9.53 Å². The summed E-state index contributed by atoms with van der Waals surface area (Å²) in [7, 11) is 0. The molecular weight excluding hydrogens is 254 g/mol. The van der Waals surface area contributed by atoms with E-state index < -0.39 is 0 Å². The van der Waals surface area contributed by atoms with Crippen molar-refractivity contribution in [2.45, 2.75) is 13.8 Å². The number of carbonyl (C=O) groups is 1. The number of piperazine rings is 1. The minimum atomic E-state index is -0.217. The lowest BCUT2D eigenvalue weighted by Gasteiger charge is -2.28. The number of hydrogen-bond donors (Lipinski definition) is 1. The van der Waals surface area contributed by atoms with Crippen molar-refractivity contribution < 1.29 is 9.53 Å². The molecule has 1 saturated heterocycles. The summed E-state index contributed by atoms with van der Waals surface area (Å²) in [6.45, 7) is 8.19. The van der Waals surface area contributed by atoms with Gasteiger partial charge in [-0.25, -0.2) is 9.78 Å². The number of carbonyl (C=O) groups excluding carboxylic acids is 1. The van der Waals surface area contributed by atoms with Crippen molar-refractivity contribution in [2.75, 3.05) is 37.7 Å². The average Bonchev–Trinajstić information content (AvgIpc) is 2.80. The van der Waals surface area contributed by atoms with Gasteiger partial charge in [0.25, 0.3) is 0 Å². The highest BCUT2D eigenvalue weighted by atomic mass is 16.5. The first kappa shape index (κ1) is 13.1. The second-order valence-corrected chi connectivity index (χ2v) is 5.27. The Morgan fingerprint density at radius 2 is 2.05 bits per heavy atom. The van der Waals surface area contributed by atoms with E-state index in [1.165, 1.54) is 0 Å². The van der Waals surface area contributed by atoms with E-state index >= 15 is 0 Å². The molecule has 5 nitrogen and oxygen atoms in total. The molecule has 0 amide bonds. The highest BCUT2D eigenvalue weighted by molar-refractivity contribution is 6.01. The third-order valence-electron chi connectivity index (χ3n) is 3.97. The zero-order valence-electron chi connectivity index (χ0n) is 11.9. The van der Waals surface area contributed by atoms with E-state index in [0.717, 1.165) is 48.7 Å². The Kier molecular flexibility index (Phi) is 3.44. The molecule has 1 N–H and O–H groups in total. The van der Waals surface area contributed by atoms with E-state index in [4.69, 9.17) is 4.74 Å². The topological polar surface area (TPSA) is 54.5 Å². The summed E-state index contributed by atoms with van der Waals surface area (Å²) in [6.07, 6.45) is 1.87. The van der Waals surface area contributed by atoms with Crippen molar-refractivity contribution in [1.82, 2.24) is 10.3 Å². The normalized spacial score (nSPS) is 19.5. The number of aryl methyl sites for hydroxylation is 1. The first-order valence-corrected chi connectivity index (χ1v) is 6.96. The maximum atomic E-state index is 11.5. The minimum Gasteiger partial charge on any atom is -0.457 e. The van der Waals surface area contributed by atoms with Crippen molar-refractivity contribution >= 4 is 17.4 Å². The van der Waals surface area contributed by atoms with Gasteiger partial charge in [-0.1, -0.05) is 0 Å². The molecule has 0 spiro atoms. The average molecular weight is 273 g/mol. The van der Waals surface area contributed by atoms with Gasteiger partial charge in [0.2, 0.25) is 0 Å². The van der Waals surface area contributed by atoms with Crippen LogP contribution in [0.5, 0.6) is 0 Å². The molecule has 0 atom stereocenters. The SMILES string of the molecule is CC1=C(c2cnc(N3CCNCC3)cc2C)COC1=O. The highest BCUT2D eigenvalue weighted by Gasteiger charge is 2.23. The number of rotatable bonds is 2. The zero-order valence-corrected chi connectivity index (χ0v) is 11.9. The Labute approximate surface area is 118 Å². The molecular formula is C15H19N3O2. The van der Waals surface area contributed by atoms with Crippen molar-refractivity contribution in [1.29, 1.82) is 0 Å². The molecule has 0 aromatic carbocycles. The predicted molar refractivity (Wildman–Crippen MR) is 77.6 cm³/mol. The van der Waals surface area contributed by atoms with Gasteiger partial charge in [0, 0.05) is 49.1 Å². The molecule has 2 aliphatic rings. The van der Waals surface area contributed by atoms with Gasteiger partial charge in [-0.2, -0.15) is 0 Å². The summed E-state index contributed by atoms with van der Waals surface area (Å²) >= 11 is 0. The Bertz CT molecular complexity index is 574. The number of ether oxygens (including phenoxy) is 1. The number of cyclic esters (lactones) is 1. The third-order valence-corrected chi connectivity index (χ3v) is 3.97. The molecule has 0 bridgehead atoms. The van der Waals surface area contributed by atoms with Crippen LogP contribution in [0.25, 0.3) is 5.57 Å². The summed E-state index contributed by atoms with van der Waals surface area (Å²) < 4.78 is 5.07. The minimum absolute atomic E-state index is 0.217. The number of nitrogens with one attached hydrogen (secondary N) is 1. The largest absolute Gasteiger partial charge is 0.457 e. The summed E-state index contributed by atoms with van der Waals surface area (Å²) in [4.78, 5) is 18.3. The summed E-state index contributed by atoms with van der Waals surface area (Å²) in [6, 6.07) is 2.10. The Morgan fingerprint density at radius 1 is 1.30 bits per heavy atom. The first-order chi connectivity index (χ1) is 9.66. The van der Waals surface area contributed by atoms with E-state index in [0.29, 0.717) is 12.2 Å². The van der Waals surface area contributed by atoms with Gasteiger partial charge < -0.3 is 15.0 Å². The number of anilines is 1. The Balaban J connectivity index is 1.90. The Hall–Kier alpha value is -1.88. The van der Waals surface area contributed by atoms with Crippen LogP contribution in [0.4, 0.5) is 5.82 Å². The predicted octanol–water partition coefficient (Wildman–Crippen LogP) is 1.13. The number of esters is 1. The molecule has 0 aliphatic carbocycles. The number of pyridine rings is 1. The number of nitrogens with zero attached hydrogens (tertiary/aromatic N) is 2. The summed E-state index contributed by atoms with van der Waals surface area (Å²) in [5, 5.41) is 3.33. The molecule has 0 unspecified atom stereocenters. The van der Waals surface area contributed by atoms with Gasteiger partial charge in [-0.05, 0) is 25.5 Å². The number of hydrogen-bond acceptors (Lipinski definition) is 5. The molecule has 1 fully saturated rings. The monoisotopic (exact) mass is 273 g/mol. The van der Waals surface area contributed by atoms with Gasteiger partial charge in [-0.3, -0.25) is 0 Å². The van der Waals surface area contributed by atoms with Crippen LogP contribution in [0.3, 0.4) is 0 Å². The molecule has 1 aromatic rings. The van der Waals surface area contributed by atoms with Crippen molar-refractivity contribution in [3.8, 4) is 0 Å². The summed E-state index contributed by atoms with van der Waals surface area (Å²) in [5.74, 6) is 0.793. The standard InChI is InChI=1S/C15H19N3O2/c1-10-7-14(18-5-3-16-4-6-18)17-8-12(10)13-9-20-15(19)11(13)2/h7-8,16H,3-6,9H2,1-2H3. The fourth-order valence-corrected chi connectivity index (χ4v) is 2.68. The zero-order chi connectivity index (χ0) is 14.1. The fourth-order valence-electron chi connectivity index (χ4n) is 2.68. The lowest BCUT2D eigenvalue weighted by Crippen LogP contribution is -2.43. The van der Waals surface area contributed by atoms with Crippen LogP contribution in [0.15, 0.2) is 17.8 Å². The maximum Gasteiger partial charge on any atom is 0.334 e. The van der Waals surface area contributed by atoms with Gasteiger partial charge in [0.15, 0.2) is 0 Å². The molecule has 20 heavy (non-hydrogen) atoms. The van der Waals surface area contributed by atoms with E-state index in [1.54, 1.807) is 0 Å². The van der Waals surface area contributed by atoms with Gasteiger partial charge in [0.05, 0.1) is 0 Å². The number of aromatic nitrogens is 1. The lowest BCUT2D eigenvalue weighted by atomic mass is 10.0. The quantitative estimate of drug-likeness (QED) is 0.819. The third kappa shape index (κ3) is 2.29. The Morgan fingerprint density at radius 3 is 2.65 bits per heavy atom. The fraction of sp³-hybridized carbons (Fsp3) is 0.467. The van der Waals surface area contributed by atoms with Crippen LogP contribution in [0.1, 0.15) is 18.1 Å². The first-order valence-electron chi connectivity index (χ1n) is 6.96.